The first-order valence-electron chi connectivity index (χ1n) is 4.88. The van der Waals surface area contributed by atoms with Crippen molar-refractivity contribution in [3.63, 3.8) is 0 Å². The van der Waals surface area contributed by atoms with Crippen LogP contribution in [0.3, 0.4) is 0 Å². The molecule has 1 N–H and O–H groups in total. The Balaban J connectivity index is 3.21. The van der Waals surface area contributed by atoms with E-state index in [1.54, 1.807) is 12.1 Å². The molecule has 0 spiro atoms. The first kappa shape index (κ1) is 11.9. The van der Waals surface area contributed by atoms with Crippen molar-refractivity contribution in [3.05, 3.63) is 28.8 Å². The summed E-state index contributed by atoms with van der Waals surface area (Å²) < 4.78 is 0. The number of carboxylic acid groups (broad SMARTS) is 1. The van der Waals surface area contributed by atoms with Crippen LogP contribution in [0.2, 0.25) is 5.02 Å². The minimum atomic E-state index is -0.945. The van der Waals surface area contributed by atoms with E-state index < -0.39 is 5.97 Å². The largest absolute Gasteiger partial charge is 0.478 e. The highest BCUT2D eigenvalue weighted by atomic mass is 35.5. The average Bonchev–Trinajstić information content (AvgIpc) is 2.21. The number of hydrogen-bond acceptors (Lipinski definition) is 2. The van der Waals surface area contributed by atoms with Crippen molar-refractivity contribution < 1.29 is 9.90 Å². The SMILES string of the molecule is CCN(CC)c1ccc(Cl)cc1C(=O)O. The van der Waals surface area contributed by atoms with E-state index in [4.69, 9.17) is 16.7 Å². The lowest BCUT2D eigenvalue weighted by Gasteiger charge is -2.22. The molecule has 0 aliphatic heterocycles. The van der Waals surface area contributed by atoms with Gasteiger partial charge in [-0.05, 0) is 32.0 Å². The van der Waals surface area contributed by atoms with Gasteiger partial charge in [0.2, 0.25) is 0 Å². The molecule has 1 aromatic carbocycles. The highest BCUT2D eigenvalue weighted by Gasteiger charge is 2.14. The molecule has 0 atom stereocenters. The summed E-state index contributed by atoms with van der Waals surface area (Å²) in [4.78, 5) is 13.0. The first-order valence-corrected chi connectivity index (χ1v) is 5.25. The molecule has 1 aromatic rings. The number of carboxylic acids is 1. The molecule has 0 unspecified atom stereocenters. The number of halogens is 1. The lowest BCUT2D eigenvalue weighted by molar-refractivity contribution is 0.0697. The molecule has 0 saturated carbocycles. The van der Waals surface area contributed by atoms with Gasteiger partial charge in [-0.1, -0.05) is 11.6 Å². The third-order valence-corrected chi connectivity index (χ3v) is 2.53. The first-order chi connectivity index (χ1) is 7.10. The molecule has 0 aliphatic rings. The summed E-state index contributed by atoms with van der Waals surface area (Å²) in [5.74, 6) is -0.945. The van der Waals surface area contributed by atoms with Crippen molar-refractivity contribution in [1.82, 2.24) is 0 Å². The van der Waals surface area contributed by atoms with Crippen LogP contribution in [0.4, 0.5) is 5.69 Å². The Morgan fingerprint density at radius 1 is 1.40 bits per heavy atom. The molecule has 4 heteroatoms. The van der Waals surface area contributed by atoms with Gasteiger partial charge >= 0.3 is 5.97 Å². The molecule has 0 fully saturated rings. The summed E-state index contributed by atoms with van der Waals surface area (Å²) in [5.41, 5.74) is 0.975. The third-order valence-electron chi connectivity index (χ3n) is 2.29. The van der Waals surface area contributed by atoms with Crippen LogP contribution in [0.5, 0.6) is 0 Å². The van der Waals surface area contributed by atoms with Crippen LogP contribution in [0.1, 0.15) is 24.2 Å². The van der Waals surface area contributed by atoms with Crippen LogP contribution in [-0.2, 0) is 0 Å². The Morgan fingerprint density at radius 3 is 2.47 bits per heavy atom. The summed E-state index contributed by atoms with van der Waals surface area (Å²) >= 11 is 5.77. The Morgan fingerprint density at radius 2 is 2.00 bits per heavy atom. The molecule has 0 saturated heterocycles. The second kappa shape index (κ2) is 5.03. The number of carbonyl (C=O) groups is 1. The average molecular weight is 228 g/mol. The van der Waals surface area contributed by atoms with E-state index in [2.05, 4.69) is 0 Å². The molecule has 1 rings (SSSR count). The second-order valence-electron chi connectivity index (χ2n) is 3.14. The quantitative estimate of drug-likeness (QED) is 0.860. The standard InChI is InChI=1S/C11H14ClNO2/c1-3-13(4-2)10-6-5-8(12)7-9(10)11(14)15/h5-7H,3-4H2,1-2H3,(H,14,15). The Labute approximate surface area is 94.3 Å². The molecule has 0 aliphatic carbocycles. The zero-order valence-corrected chi connectivity index (χ0v) is 9.58. The van der Waals surface area contributed by atoms with Crippen LogP contribution in [-0.4, -0.2) is 24.2 Å². The molecule has 0 bridgehead atoms. The van der Waals surface area contributed by atoms with Crippen LogP contribution < -0.4 is 4.90 Å². The fourth-order valence-electron chi connectivity index (χ4n) is 1.52. The summed E-state index contributed by atoms with van der Waals surface area (Å²) in [5, 5.41) is 9.49. The highest BCUT2D eigenvalue weighted by Crippen LogP contribution is 2.24. The predicted octanol–water partition coefficient (Wildman–Crippen LogP) is 2.88. The van der Waals surface area contributed by atoms with Crippen LogP contribution in [0.25, 0.3) is 0 Å². The van der Waals surface area contributed by atoms with Crippen LogP contribution in [0.15, 0.2) is 18.2 Å². The smallest absolute Gasteiger partial charge is 0.337 e. The molecule has 0 heterocycles. The van der Waals surface area contributed by atoms with Gasteiger partial charge in [-0.3, -0.25) is 0 Å². The summed E-state index contributed by atoms with van der Waals surface area (Å²) in [6, 6.07) is 4.94. The number of rotatable bonds is 4. The number of benzene rings is 1. The Kier molecular flexibility index (Phi) is 3.97. The normalized spacial score (nSPS) is 10.1. The molecule has 3 nitrogen and oxygen atoms in total. The zero-order valence-electron chi connectivity index (χ0n) is 8.83. The second-order valence-corrected chi connectivity index (χ2v) is 3.58. The number of aromatic carboxylic acids is 1. The zero-order chi connectivity index (χ0) is 11.4. The van der Waals surface area contributed by atoms with Gasteiger partial charge in [-0.25, -0.2) is 4.79 Å². The van der Waals surface area contributed by atoms with E-state index in [1.807, 2.05) is 18.7 Å². The summed E-state index contributed by atoms with van der Waals surface area (Å²) in [7, 11) is 0. The maximum Gasteiger partial charge on any atom is 0.337 e. The maximum absolute atomic E-state index is 11.0. The van der Waals surface area contributed by atoms with Gasteiger partial charge in [0.15, 0.2) is 0 Å². The maximum atomic E-state index is 11.0. The van der Waals surface area contributed by atoms with Gasteiger partial charge in [-0.2, -0.15) is 0 Å². The van der Waals surface area contributed by atoms with E-state index in [-0.39, 0.29) is 5.56 Å². The van der Waals surface area contributed by atoms with Crippen molar-refractivity contribution in [2.24, 2.45) is 0 Å². The van der Waals surface area contributed by atoms with E-state index in [1.165, 1.54) is 6.07 Å². The van der Waals surface area contributed by atoms with Gasteiger partial charge in [0.25, 0.3) is 0 Å². The fourth-order valence-corrected chi connectivity index (χ4v) is 1.69. The molecule has 0 aromatic heterocycles. The topological polar surface area (TPSA) is 40.5 Å². The van der Waals surface area contributed by atoms with Crippen molar-refractivity contribution in [3.8, 4) is 0 Å². The number of nitrogens with zero attached hydrogens (tertiary/aromatic N) is 1. The van der Waals surface area contributed by atoms with Crippen molar-refractivity contribution in [2.45, 2.75) is 13.8 Å². The molecule has 15 heavy (non-hydrogen) atoms. The minimum Gasteiger partial charge on any atom is -0.478 e. The van der Waals surface area contributed by atoms with Crippen molar-refractivity contribution in [2.75, 3.05) is 18.0 Å². The Bertz CT molecular complexity index is 362. The number of anilines is 1. The Hall–Kier alpha value is -1.22. The molecule has 0 amide bonds. The van der Waals surface area contributed by atoms with E-state index >= 15 is 0 Å². The van der Waals surface area contributed by atoms with E-state index in [0.29, 0.717) is 5.02 Å². The monoisotopic (exact) mass is 227 g/mol. The van der Waals surface area contributed by atoms with E-state index in [9.17, 15) is 4.79 Å². The molecular formula is C11H14ClNO2. The highest BCUT2D eigenvalue weighted by molar-refractivity contribution is 6.31. The lowest BCUT2D eigenvalue weighted by Crippen LogP contribution is -2.24. The minimum absolute atomic E-state index is 0.256. The molecule has 82 valence electrons. The van der Waals surface area contributed by atoms with Crippen LogP contribution in [0, 0.1) is 0 Å². The fraction of sp³-hybridized carbons (Fsp3) is 0.364. The molecular weight excluding hydrogens is 214 g/mol. The molecule has 0 radical (unpaired) electrons. The third kappa shape index (κ3) is 2.63. The predicted molar refractivity (Wildman–Crippen MR) is 62.0 cm³/mol. The summed E-state index contributed by atoms with van der Waals surface area (Å²) in [6.07, 6.45) is 0. The van der Waals surface area contributed by atoms with E-state index in [0.717, 1.165) is 18.8 Å². The van der Waals surface area contributed by atoms with Crippen molar-refractivity contribution in [1.29, 1.82) is 0 Å². The summed E-state index contributed by atoms with van der Waals surface area (Å²) in [6.45, 7) is 5.53. The van der Waals surface area contributed by atoms with Crippen LogP contribution >= 0.6 is 11.6 Å². The van der Waals surface area contributed by atoms with Gasteiger partial charge in [-0.15, -0.1) is 0 Å². The van der Waals surface area contributed by atoms with Gasteiger partial charge in [0.05, 0.1) is 11.3 Å². The van der Waals surface area contributed by atoms with Gasteiger partial charge in [0.1, 0.15) is 0 Å². The van der Waals surface area contributed by atoms with Gasteiger partial charge < -0.3 is 10.0 Å². The lowest BCUT2D eigenvalue weighted by atomic mass is 10.1. The van der Waals surface area contributed by atoms with Gasteiger partial charge in [0, 0.05) is 18.1 Å². The van der Waals surface area contributed by atoms with Crippen molar-refractivity contribution >= 4 is 23.3 Å². The number of hydrogen-bond donors (Lipinski definition) is 1.